The van der Waals surface area contributed by atoms with E-state index < -0.39 is 0 Å². The summed E-state index contributed by atoms with van der Waals surface area (Å²) >= 11 is 0. The van der Waals surface area contributed by atoms with Crippen molar-refractivity contribution >= 4 is 12.3 Å². The van der Waals surface area contributed by atoms with Crippen LogP contribution in [0.5, 0.6) is 0 Å². The molecular formula is C13H23N3O2. The van der Waals surface area contributed by atoms with Gasteiger partial charge in [-0.2, -0.15) is 0 Å². The SMILES string of the molecule is O=CN1CCN(CCC(=O)N2CCCCC2)CC1. The first-order valence-corrected chi connectivity index (χ1v) is 6.99. The van der Waals surface area contributed by atoms with E-state index in [9.17, 15) is 9.59 Å². The van der Waals surface area contributed by atoms with Crippen LogP contribution in [0.15, 0.2) is 0 Å². The minimum absolute atomic E-state index is 0.299. The Hall–Kier alpha value is -1.10. The van der Waals surface area contributed by atoms with Crippen molar-refractivity contribution < 1.29 is 9.59 Å². The van der Waals surface area contributed by atoms with Gasteiger partial charge in [0.2, 0.25) is 12.3 Å². The van der Waals surface area contributed by atoms with Crippen molar-refractivity contribution in [3.63, 3.8) is 0 Å². The molecule has 0 unspecified atom stereocenters. The van der Waals surface area contributed by atoms with Crippen LogP contribution in [0.25, 0.3) is 0 Å². The molecule has 0 aromatic heterocycles. The van der Waals surface area contributed by atoms with Gasteiger partial charge in [-0.15, -0.1) is 0 Å². The lowest BCUT2D eigenvalue weighted by Crippen LogP contribution is -2.47. The molecule has 2 aliphatic rings. The largest absolute Gasteiger partial charge is 0.343 e. The summed E-state index contributed by atoms with van der Waals surface area (Å²) in [5, 5.41) is 0. The summed E-state index contributed by atoms with van der Waals surface area (Å²) in [6.45, 7) is 6.10. The number of hydrogen-bond acceptors (Lipinski definition) is 3. The Balaban J connectivity index is 1.65. The van der Waals surface area contributed by atoms with Crippen LogP contribution >= 0.6 is 0 Å². The maximum Gasteiger partial charge on any atom is 0.223 e. The average Bonchev–Trinajstić information content (AvgIpc) is 2.46. The second kappa shape index (κ2) is 6.73. The van der Waals surface area contributed by atoms with E-state index in [1.165, 1.54) is 6.42 Å². The van der Waals surface area contributed by atoms with Crippen LogP contribution in [0.3, 0.4) is 0 Å². The Morgan fingerprint density at radius 3 is 2.22 bits per heavy atom. The molecule has 0 atom stereocenters. The summed E-state index contributed by atoms with van der Waals surface area (Å²) in [5.41, 5.74) is 0. The molecule has 102 valence electrons. The third-order valence-electron chi connectivity index (χ3n) is 3.91. The molecule has 5 heteroatoms. The number of carbonyl (C=O) groups is 2. The van der Waals surface area contributed by atoms with Gasteiger partial charge in [0.1, 0.15) is 0 Å². The Morgan fingerprint density at radius 1 is 0.944 bits per heavy atom. The van der Waals surface area contributed by atoms with E-state index in [1.807, 2.05) is 4.90 Å². The Morgan fingerprint density at radius 2 is 1.61 bits per heavy atom. The van der Waals surface area contributed by atoms with E-state index >= 15 is 0 Å². The highest BCUT2D eigenvalue weighted by Gasteiger charge is 2.19. The molecule has 2 amide bonds. The van der Waals surface area contributed by atoms with Crippen molar-refractivity contribution in [1.29, 1.82) is 0 Å². The molecule has 0 aromatic carbocycles. The molecule has 18 heavy (non-hydrogen) atoms. The summed E-state index contributed by atoms with van der Waals surface area (Å²) in [4.78, 5) is 28.7. The van der Waals surface area contributed by atoms with Crippen molar-refractivity contribution in [2.75, 3.05) is 45.8 Å². The maximum absolute atomic E-state index is 12.0. The molecule has 0 N–H and O–H groups in total. The molecule has 0 aliphatic carbocycles. The summed E-state index contributed by atoms with van der Waals surface area (Å²) in [6, 6.07) is 0. The van der Waals surface area contributed by atoms with Crippen LogP contribution in [-0.2, 0) is 9.59 Å². The fourth-order valence-corrected chi connectivity index (χ4v) is 2.65. The number of hydrogen-bond donors (Lipinski definition) is 0. The minimum Gasteiger partial charge on any atom is -0.343 e. The third kappa shape index (κ3) is 3.70. The molecule has 2 heterocycles. The van der Waals surface area contributed by atoms with Gasteiger partial charge in [0, 0.05) is 52.2 Å². The Labute approximate surface area is 109 Å². The lowest BCUT2D eigenvalue weighted by atomic mass is 10.1. The van der Waals surface area contributed by atoms with Crippen molar-refractivity contribution in [2.24, 2.45) is 0 Å². The summed E-state index contributed by atoms with van der Waals surface area (Å²) in [5.74, 6) is 0.299. The predicted octanol–water partition coefficient (Wildman–Crippen LogP) is 0.163. The monoisotopic (exact) mass is 253 g/mol. The zero-order valence-electron chi connectivity index (χ0n) is 11.0. The molecule has 2 fully saturated rings. The van der Waals surface area contributed by atoms with Crippen LogP contribution in [0.2, 0.25) is 0 Å². The molecule has 2 saturated heterocycles. The topological polar surface area (TPSA) is 43.9 Å². The second-order valence-electron chi connectivity index (χ2n) is 5.17. The van der Waals surface area contributed by atoms with E-state index in [0.717, 1.165) is 65.1 Å². The van der Waals surface area contributed by atoms with Crippen LogP contribution in [0.1, 0.15) is 25.7 Å². The molecule has 2 rings (SSSR count). The van der Waals surface area contributed by atoms with Crippen molar-refractivity contribution in [3.8, 4) is 0 Å². The standard InChI is InChI=1S/C13H23N3O2/c17-12-15-10-8-14(9-11-15)7-4-13(18)16-5-2-1-3-6-16/h12H,1-11H2. The number of piperazine rings is 1. The quantitative estimate of drug-likeness (QED) is 0.671. The third-order valence-corrected chi connectivity index (χ3v) is 3.91. The van der Waals surface area contributed by atoms with Gasteiger partial charge in [-0.25, -0.2) is 0 Å². The fourth-order valence-electron chi connectivity index (χ4n) is 2.65. The molecular weight excluding hydrogens is 230 g/mol. The first-order valence-electron chi connectivity index (χ1n) is 6.99. The zero-order valence-corrected chi connectivity index (χ0v) is 11.0. The normalized spacial score (nSPS) is 22.0. The lowest BCUT2D eigenvalue weighted by molar-refractivity contribution is -0.132. The van der Waals surface area contributed by atoms with Gasteiger partial charge < -0.3 is 9.80 Å². The van der Waals surface area contributed by atoms with Gasteiger partial charge in [0.25, 0.3) is 0 Å². The number of likely N-dealkylation sites (tertiary alicyclic amines) is 1. The van der Waals surface area contributed by atoms with Gasteiger partial charge in [0.05, 0.1) is 0 Å². The molecule has 0 saturated carbocycles. The van der Waals surface area contributed by atoms with E-state index in [-0.39, 0.29) is 0 Å². The summed E-state index contributed by atoms with van der Waals surface area (Å²) in [6.07, 6.45) is 5.11. The van der Waals surface area contributed by atoms with Crippen molar-refractivity contribution in [3.05, 3.63) is 0 Å². The Kier molecular flexibility index (Phi) is 4.99. The lowest BCUT2D eigenvalue weighted by Gasteiger charge is -2.33. The average molecular weight is 253 g/mol. The summed E-state index contributed by atoms with van der Waals surface area (Å²) in [7, 11) is 0. The molecule has 5 nitrogen and oxygen atoms in total. The zero-order chi connectivity index (χ0) is 12.8. The number of amides is 2. The first-order chi connectivity index (χ1) is 8.79. The number of rotatable bonds is 4. The van der Waals surface area contributed by atoms with Crippen LogP contribution in [-0.4, -0.2) is 72.8 Å². The van der Waals surface area contributed by atoms with Gasteiger partial charge in [-0.1, -0.05) is 0 Å². The predicted molar refractivity (Wildman–Crippen MR) is 69.1 cm³/mol. The Bertz CT molecular complexity index is 282. The van der Waals surface area contributed by atoms with Crippen LogP contribution in [0.4, 0.5) is 0 Å². The van der Waals surface area contributed by atoms with Gasteiger partial charge in [0.15, 0.2) is 0 Å². The molecule has 2 aliphatic heterocycles. The number of piperidine rings is 1. The smallest absolute Gasteiger partial charge is 0.223 e. The van der Waals surface area contributed by atoms with E-state index in [1.54, 1.807) is 4.90 Å². The number of nitrogens with zero attached hydrogens (tertiary/aromatic N) is 3. The van der Waals surface area contributed by atoms with Gasteiger partial charge in [-0.3, -0.25) is 14.5 Å². The number of carbonyl (C=O) groups excluding carboxylic acids is 2. The highest BCUT2D eigenvalue weighted by Crippen LogP contribution is 2.10. The molecule has 0 radical (unpaired) electrons. The highest BCUT2D eigenvalue weighted by molar-refractivity contribution is 5.76. The summed E-state index contributed by atoms with van der Waals surface area (Å²) < 4.78 is 0. The maximum atomic E-state index is 12.0. The van der Waals surface area contributed by atoms with Crippen LogP contribution in [0, 0.1) is 0 Å². The molecule has 0 spiro atoms. The van der Waals surface area contributed by atoms with Crippen molar-refractivity contribution in [2.45, 2.75) is 25.7 Å². The van der Waals surface area contributed by atoms with Crippen molar-refractivity contribution in [1.82, 2.24) is 14.7 Å². The van der Waals surface area contributed by atoms with E-state index in [0.29, 0.717) is 12.3 Å². The van der Waals surface area contributed by atoms with Gasteiger partial charge in [-0.05, 0) is 19.3 Å². The molecule has 0 bridgehead atoms. The van der Waals surface area contributed by atoms with Crippen LogP contribution < -0.4 is 0 Å². The molecule has 0 aromatic rings. The minimum atomic E-state index is 0.299. The fraction of sp³-hybridized carbons (Fsp3) is 0.846. The highest BCUT2D eigenvalue weighted by atomic mass is 16.2. The van der Waals surface area contributed by atoms with Gasteiger partial charge >= 0.3 is 0 Å². The van der Waals surface area contributed by atoms with E-state index in [2.05, 4.69) is 4.90 Å². The van der Waals surface area contributed by atoms with E-state index in [4.69, 9.17) is 0 Å². The second-order valence-corrected chi connectivity index (χ2v) is 5.17. The first kappa shape index (κ1) is 13.3.